The van der Waals surface area contributed by atoms with E-state index in [0.29, 0.717) is 6.04 Å². The average Bonchev–Trinajstić information content (AvgIpc) is 2.53. The molecule has 2 rings (SSSR count). The van der Waals surface area contributed by atoms with Crippen molar-refractivity contribution in [3.05, 3.63) is 35.4 Å². The van der Waals surface area contributed by atoms with Gasteiger partial charge in [0.05, 0.1) is 19.3 Å². The number of benzene rings is 1. The molecule has 1 heterocycles. The second-order valence-electron chi connectivity index (χ2n) is 6.34. The van der Waals surface area contributed by atoms with E-state index in [-0.39, 0.29) is 5.54 Å². The Labute approximate surface area is 129 Å². The number of aryl methyl sites for hydroxylation is 1. The van der Waals surface area contributed by atoms with Crippen LogP contribution in [0.25, 0.3) is 0 Å². The third-order valence-corrected chi connectivity index (χ3v) is 4.66. The number of ether oxygens (including phenoxy) is 1. The summed E-state index contributed by atoms with van der Waals surface area (Å²) in [5.74, 6) is 0. The van der Waals surface area contributed by atoms with Crippen molar-refractivity contribution < 1.29 is 4.74 Å². The standard InChI is InChI=1S/C18H30N2O/c1-5-15-7-9-16(10-8-15)17(19-6-2)18(3,4)20-11-13-21-14-12-20/h7-10,17,19H,5-6,11-14H2,1-4H3. The average molecular weight is 290 g/mol. The molecule has 0 amide bonds. The van der Waals surface area contributed by atoms with Gasteiger partial charge in [-0.05, 0) is 37.9 Å². The van der Waals surface area contributed by atoms with Gasteiger partial charge in [-0.1, -0.05) is 38.1 Å². The van der Waals surface area contributed by atoms with E-state index in [2.05, 4.69) is 62.2 Å². The SMILES string of the molecule is CCNC(c1ccc(CC)cc1)C(C)(C)N1CCOCC1. The van der Waals surface area contributed by atoms with E-state index in [4.69, 9.17) is 4.74 Å². The first-order chi connectivity index (χ1) is 10.1. The van der Waals surface area contributed by atoms with Crippen molar-refractivity contribution in [2.24, 2.45) is 0 Å². The highest BCUT2D eigenvalue weighted by atomic mass is 16.5. The Morgan fingerprint density at radius 2 is 1.76 bits per heavy atom. The van der Waals surface area contributed by atoms with E-state index in [1.54, 1.807) is 0 Å². The lowest BCUT2D eigenvalue weighted by Gasteiger charge is -2.46. The minimum absolute atomic E-state index is 0.0769. The van der Waals surface area contributed by atoms with Crippen LogP contribution in [-0.2, 0) is 11.2 Å². The van der Waals surface area contributed by atoms with E-state index in [1.807, 2.05) is 0 Å². The Morgan fingerprint density at radius 1 is 1.14 bits per heavy atom. The van der Waals surface area contributed by atoms with Gasteiger partial charge in [0.15, 0.2) is 0 Å². The zero-order valence-corrected chi connectivity index (χ0v) is 14.0. The molecule has 1 saturated heterocycles. The van der Waals surface area contributed by atoms with E-state index >= 15 is 0 Å². The van der Waals surface area contributed by atoms with Gasteiger partial charge in [-0.25, -0.2) is 0 Å². The van der Waals surface area contributed by atoms with Crippen LogP contribution >= 0.6 is 0 Å². The highest BCUT2D eigenvalue weighted by molar-refractivity contribution is 5.27. The van der Waals surface area contributed by atoms with E-state index in [1.165, 1.54) is 11.1 Å². The summed E-state index contributed by atoms with van der Waals surface area (Å²) in [4.78, 5) is 2.55. The topological polar surface area (TPSA) is 24.5 Å². The number of likely N-dealkylation sites (N-methyl/N-ethyl adjacent to an activating group) is 1. The fourth-order valence-electron chi connectivity index (χ4n) is 3.25. The van der Waals surface area contributed by atoms with Crippen molar-refractivity contribution in [3.8, 4) is 0 Å². The molecule has 1 aliphatic rings. The Morgan fingerprint density at radius 3 is 2.29 bits per heavy atom. The normalized spacial score (nSPS) is 18.7. The molecule has 0 saturated carbocycles. The predicted octanol–water partition coefficient (Wildman–Crippen LogP) is 3.01. The number of morpholine rings is 1. The fourth-order valence-corrected chi connectivity index (χ4v) is 3.25. The van der Waals surface area contributed by atoms with Crippen LogP contribution < -0.4 is 5.32 Å². The second-order valence-corrected chi connectivity index (χ2v) is 6.34. The van der Waals surface area contributed by atoms with Gasteiger partial charge >= 0.3 is 0 Å². The Kier molecular flexibility index (Phi) is 5.80. The lowest BCUT2D eigenvalue weighted by molar-refractivity contribution is -0.0236. The van der Waals surface area contributed by atoms with Crippen LogP contribution in [0.4, 0.5) is 0 Å². The first-order valence-corrected chi connectivity index (χ1v) is 8.24. The van der Waals surface area contributed by atoms with Gasteiger partial charge in [-0.2, -0.15) is 0 Å². The molecule has 3 nitrogen and oxygen atoms in total. The minimum atomic E-state index is 0.0769. The molecule has 3 heteroatoms. The highest BCUT2D eigenvalue weighted by Gasteiger charge is 2.36. The van der Waals surface area contributed by atoms with Crippen LogP contribution in [0.5, 0.6) is 0 Å². The second kappa shape index (κ2) is 7.39. The van der Waals surface area contributed by atoms with Crippen LogP contribution in [-0.4, -0.2) is 43.3 Å². The summed E-state index contributed by atoms with van der Waals surface area (Å²) in [7, 11) is 0. The molecule has 0 bridgehead atoms. The van der Waals surface area contributed by atoms with Gasteiger partial charge in [0.2, 0.25) is 0 Å². The molecule has 1 aliphatic heterocycles. The van der Waals surface area contributed by atoms with Crippen LogP contribution in [0.1, 0.15) is 44.9 Å². The zero-order valence-electron chi connectivity index (χ0n) is 14.0. The molecule has 1 aromatic carbocycles. The van der Waals surface area contributed by atoms with E-state index in [0.717, 1.165) is 39.3 Å². The van der Waals surface area contributed by atoms with Crippen LogP contribution in [0.3, 0.4) is 0 Å². The van der Waals surface area contributed by atoms with Crippen molar-refractivity contribution in [1.29, 1.82) is 0 Å². The van der Waals surface area contributed by atoms with Crippen LogP contribution in [0.2, 0.25) is 0 Å². The first-order valence-electron chi connectivity index (χ1n) is 8.24. The van der Waals surface area contributed by atoms with Crippen LogP contribution in [0, 0.1) is 0 Å². The van der Waals surface area contributed by atoms with Gasteiger partial charge in [0.25, 0.3) is 0 Å². The smallest absolute Gasteiger partial charge is 0.0594 e. The number of nitrogens with one attached hydrogen (secondary N) is 1. The summed E-state index contributed by atoms with van der Waals surface area (Å²) in [5.41, 5.74) is 2.86. The molecule has 21 heavy (non-hydrogen) atoms. The largest absolute Gasteiger partial charge is 0.379 e. The highest BCUT2D eigenvalue weighted by Crippen LogP contribution is 2.32. The maximum Gasteiger partial charge on any atom is 0.0594 e. The molecule has 118 valence electrons. The lowest BCUT2D eigenvalue weighted by Crippen LogP contribution is -2.56. The van der Waals surface area contributed by atoms with Gasteiger partial charge in [0.1, 0.15) is 0 Å². The maximum atomic E-state index is 5.51. The summed E-state index contributed by atoms with van der Waals surface area (Å²) >= 11 is 0. The molecule has 0 spiro atoms. The Bertz CT molecular complexity index is 421. The van der Waals surface area contributed by atoms with Crippen molar-refractivity contribution in [3.63, 3.8) is 0 Å². The molecule has 0 radical (unpaired) electrons. The van der Waals surface area contributed by atoms with Crippen molar-refractivity contribution in [1.82, 2.24) is 10.2 Å². The molecular weight excluding hydrogens is 260 g/mol. The predicted molar refractivity (Wildman–Crippen MR) is 88.7 cm³/mol. The monoisotopic (exact) mass is 290 g/mol. The minimum Gasteiger partial charge on any atom is -0.379 e. The maximum absolute atomic E-state index is 5.51. The summed E-state index contributed by atoms with van der Waals surface area (Å²) in [6, 6.07) is 9.43. The van der Waals surface area contributed by atoms with E-state index < -0.39 is 0 Å². The molecular formula is C18H30N2O. The molecule has 0 aromatic heterocycles. The quantitative estimate of drug-likeness (QED) is 0.871. The fraction of sp³-hybridized carbons (Fsp3) is 0.667. The molecule has 1 aromatic rings. The van der Waals surface area contributed by atoms with Crippen molar-refractivity contribution in [2.75, 3.05) is 32.8 Å². The number of nitrogens with zero attached hydrogens (tertiary/aromatic N) is 1. The van der Waals surface area contributed by atoms with Gasteiger partial charge < -0.3 is 10.1 Å². The third-order valence-electron chi connectivity index (χ3n) is 4.66. The van der Waals surface area contributed by atoms with E-state index in [9.17, 15) is 0 Å². The first kappa shape index (κ1) is 16.5. The number of hydrogen-bond donors (Lipinski definition) is 1. The van der Waals surface area contributed by atoms with Gasteiger partial charge in [-0.15, -0.1) is 0 Å². The molecule has 1 N–H and O–H groups in total. The molecule has 1 atom stereocenters. The Balaban J connectivity index is 2.22. The number of hydrogen-bond acceptors (Lipinski definition) is 3. The Hall–Kier alpha value is -0.900. The lowest BCUT2D eigenvalue weighted by atomic mass is 9.86. The van der Waals surface area contributed by atoms with Crippen molar-refractivity contribution >= 4 is 0 Å². The van der Waals surface area contributed by atoms with Gasteiger partial charge in [-0.3, -0.25) is 4.90 Å². The number of rotatable bonds is 6. The van der Waals surface area contributed by atoms with Crippen molar-refractivity contribution in [2.45, 2.75) is 45.7 Å². The molecule has 1 fully saturated rings. The van der Waals surface area contributed by atoms with Crippen LogP contribution in [0.15, 0.2) is 24.3 Å². The zero-order chi connectivity index (χ0) is 15.3. The molecule has 0 aliphatic carbocycles. The molecule has 1 unspecified atom stereocenters. The summed E-state index contributed by atoms with van der Waals surface area (Å²) < 4.78 is 5.51. The van der Waals surface area contributed by atoms with Gasteiger partial charge in [0, 0.05) is 18.6 Å². The summed E-state index contributed by atoms with van der Waals surface area (Å²) in [5, 5.41) is 3.69. The summed E-state index contributed by atoms with van der Waals surface area (Å²) in [6.07, 6.45) is 1.10. The summed E-state index contributed by atoms with van der Waals surface area (Å²) in [6.45, 7) is 13.8. The third kappa shape index (κ3) is 3.85.